The van der Waals surface area contributed by atoms with Crippen LogP contribution in [0.3, 0.4) is 0 Å². The van der Waals surface area contributed by atoms with Gasteiger partial charge in [0.05, 0.1) is 1.37 Å². The van der Waals surface area contributed by atoms with Gasteiger partial charge in [-0.3, -0.25) is 0 Å². The van der Waals surface area contributed by atoms with Crippen molar-refractivity contribution in [3.8, 4) is 0 Å². The molecule has 0 heterocycles. The van der Waals surface area contributed by atoms with Gasteiger partial charge in [-0.1, -0.05) is 78.0 Å². The van der Waals surface area contributed by atoms with Gasteiger partial charge >= 0.3 is 0 Å². The monoisotopic (exact) mass is 363 g/mol. The molecule has 0 bridgehead atoms. The van der Waals surface area contributed by atoms with E-state index < -0.39 is 22.9 Å². The number of allylic oxidation sites excluding steroid dienone is 1. The zero-order valence-electron chi connectivity index (χ0n) is 18.7. The maximum atomic E-state index is 9.08. The molecule has 0 radical (unpaired) electrons. The van der Waals surface area contributed by atoms with Crippen LogP contribution in [0.1, 0.15) is 49.8 Å². The highest BCUT2D eigenvalue weighted by Gasteiger charge is 2.44. The topological polar surface area (TPSA) is 3.24 Å². The van der Waals surface area contributed by atoms with E-state index in [9.17, 15) is 0 Å². The lowest BCUT2D eigenvalue weighted by Crippen LogP contribution is -2.63. The Bertz CT molecular complexity index is 518. The van der Waals surface area contributed by atoms with Gasteiger partial charge in [-0.2, -0.15) is 0 Å². The van der Waals surface area contributed by atoms with Gasteiger partial charge in [0.2, 0.25) is 0 Å². The van der Waals surface area contributed by atoms with Crippen molar-refractivity contribution in [2.45, 2.75) is 84.2 Å². The SMILES string of the molecule is [2H]/C(=C\C([2H])c1ccccc1)N([Si](CC)(CC)CC)[Si](CC)(CC)CC. The van der Waals surface area contributed by atoms with E-state index in [4.69, 9.17) is 2.74 Å². The van der Waals surface area contributed by atoms with Crippen LogP contribution in [-0.2, 0) is 6.40 Å². The number of benzene rings is 1. The van der Waals surface area contributed by atoms with Crippen LogP contribution in [0.5, 0.6) is 0 Å². The number of hydrogen-bond acceptors (Lipinski definition) is 1. The molecule has 0 spiro atoms. The second-order valence-corrected chi connectivity index (χ2v) is 17.3. The maximum Gasteiger partial charge on any atom is 0.146 e. The summed E-state index contributed by atoms with van der Waals surface area (Å²) in [6, 6.07) is 17.1. The summed E-state index contributed by atoms with van der Waals surface area (Å²) in [4.78, 5) is 0. The van der Waals surface area contributed by atoms with Crippen molar-refractivity contribution < 1.29 is 2.74 Å². The molecule has 1 aromatic carbocycles. The molecule has 0 amide bonds. The van der Waals surface area contributed by atoms with Crippen molar-refractivity contribution in [1.82, 2.24) is 4.23 Å². The van der Waals surface area contributed by atoms with Crippen molar-refractivity contribution in [2.24, 2.45) is 0 Å². The molecular weight excluding hydrogens is 322 g/mol. The summed E-state index contributed by atoms with van der Waals surface area (Å²) in [5, 5.41) is 0. The third kappa shape index (κ3) is 4.63. The third-order valence-electron chi connectivity index (χ3n) is 6.18. The first-order valence-corrected chi connectivity index (χ1v) is 15.0. The van der Waals surface area contributed by atoms with Crippen LogP contribution in [0.25, 0.3) is 0 Å². The van der Waals surface area contributed by atoms with Crippen LogP contribution in [0.15, 0.2) is 42.6 Å². The predicted octanol–water partition coefficient (Wildman–Crippen LogP) is 7.06. The molecule has 0 aliphatic carbocycles. The summed E-state index contributed by atoms with van der Waals surface area (Å²) in [5.74, 6) is 0. The third-order valence-corrected chi connectivity index (χ3v) is 19.1. The normalized spacial score (nSPS) is 15.7. The van der Waals surface area contributed by atoms with Crippen LogP contribution in [-0.4, -0.2) is 20.7 Å². The van der Waals surface area contributed by atoms with E-state index in [1.165, 1.54) is 36.3 Å². The molecule has 0 aliphatic heterocycles. The Morgan fingerprint density at radius 3 is 1.62 bits per heavy atom. The molecule has 24 heavy (non-hydrogen) atoms. The summed E-state index contributed by atoms with van der Waals surface area (Å²) < 4.78 is 20.3. The van der Waals surface area contributed by atoms with Crippen LogP contribution >= 0.6 is 0 Å². The summed E-state index contributed by atoms with van der Waals surface area (Å²) in [7, 11) is -3.44. The minimum Gasteiger partial charge on any atom is -0.430 e. The first-order chi connectivity index (χ1) is 12.4. The minimum absolute atomic E-state index is 0.458. The molecule has 1 rings (SSSR count). The lowest BCUT2D eigenvalue weighted by Gasteiger charge is -2.52. The van der Waals surface area contributed by atoms with Crippen molar-refractivity contribution >= 4 is 16.5 Å². The highest BCUT2D eigenvalue weighted by molar-refractivity contribution is 6.93. The first kappa shape index (κ1) is 18.0. The van der Waals surface area contributed by atoms with E-state index in [0.717, 1.165) is 5.56 Å². The van der Waals surface area contributed by atoms with Gasteiger partial charge in [-0.15, -0.1) is 0 Å². The highest BCUT2D eigenvalue weighted by Crippen LogP contribution is 2.36. The summed E-state index contributed by atoms with van der Waals surface area (Å²) >= 11 is 0. The van der Waals surface area contributed by atoms with Crippen molar-refractivity contribution in [2.75, 3.05) is 0 Å². The number of rotatable bonds is 11. The fourth-order valence-electron chi connectivity index (χ4n) is 4.00. The second kappa shape index (κ2) is 10.2. The largest absolute Gasteiger partial charge is 0.430 e. The van der Waals surface area contributed by atoms with Gasteiger partial charge in [-0.05, 0) is 54.4 Å². The molecule has 136 valence electrons. The molecule has 0 saturated heterocycles. The summed E-state index contributed by atoms with van der Waals surface area (Å²) in [5.41, 5.74) is 0.978. The van der Waals surface area contributed by atoms with Crippen molar-refractivity contribution in [3.63, 3.8) is 0 Å². The average Bonchev–Trinajstić information content (AvgIpc) is 2.70. The van der Waals surface area contributed by atoms with E-state index in [1.54, 1.807) is 0 Å². The van der Waals surface area contributed by atoms with Gasteiger partial charge in [0.1, 0.15) is 16.5 Å². The molecule has 1 atom stereocenters. The number of hydrogen-bond donors (Lipinski definition) is 0. The fourth-order valence-corrected chi connectivity index (χ4v) is 16.5. The highest BCUT2D eigenvalue weighted by atomic mass is 28.4. The summed E-state index contributed by atoms with van der Waals surface area (Å²) in [6.07, 6.45) is 2.09. The van der Waals surface area contributed by atoms with Crippen LogP contribution in [0.4, 0.5) is 0 Å². The lowest BCUT2D eigenvalue weighted by atomic mass is 10.1. The predicted molar refractivity (Wildman–Crippen MR) is 116 cm³/mol. The zero-order chi connectivity index (χ0) is 19.8. The second-order valence-electron chi connectivity index (χ2n) is 6.78. The van der Waals surface area contributed by atoms with E-state index in [0.29, 0.717) is 6.18 Å². The Morgan fingerprint density at radius 2 is 1.25 bits per heavy atom. The molecule has 0 N–H and O–H groups in total. The van der Waals surface area contributed by atoms with Gasteiger partial charge in [0.25, 0.3) is 0 Å². The van der Waals surface area contributed by atoms with E-state index >= 15 is 0 Å². The lowest BCUT2D eigenvalue weighted by molar-refractivity contribution is 0.742. The minimum atomic E-state index is -1.72. The molecule has 0 fully saturated rings. The molecule has 0 saturated carbocycles. The first-order valence-electron chi connectivity index (χ1n) is 10.9. The maximum absolute atomic E-state index is 9.08. The van der Waals surface area contributed by atoms with E-state index in [2.05, 4.69) is 45.8 Å². The van der Waals surface area contributed by atoms with E-state index in [1.807, 2.05) is 36.4 Å². The van der Waals surface area contributed by atoms with Crippen LogP contribution in [0, 0.1) is 0 Å². The quantitative estimate of drug-likeness (QED) is 0.380. The molecule has 3 heteroatoms. The summed E-state index contributed by atoms with van der Waals surface area (Å²) in [6.45, 7) is 14.0. The standard InChI is InChI=1S/C21H39NSi2/c1-7-23(8-2,9-3)22(24(10-4,11-5)12-6)20-16-19-21-17-14-13-15-18-21/h13-18,20H,7-12,19H2,1-6H3/b20-16+/i19D,20D. The molecular formula is C21H39NSi2. The van der Waals surface area contributed by atoms with Crippen molar-refractivity contribution in [1.29, 1.82) is 0 Å². The average molecular weight is 364 g/mol. The Labute approximate surface area is 156 Å². The molecule has 0 aliphatic rings. The fraction of sp³-hybridized carbons (Fsp3) is 0.619. The van der Waals surface area contributed by atoms with Crippen LogP contribution < -0.4 is 0 Å². The molecule has 1 unspecified atom stereocenters. The Hall–Kier alpha value is -0.806. The number of nitrogens with zero attached hydrogens (tertiary/aromatic N) is 1. The van der Waals surface area contributed by atoms with Crippen molar-refractivity contribution in [3.05, 3.63) is 48.1 Å². The molecule has 0 aromatic heterocycles. The van der Waals surface area contributed by atoms with E-state index in [-0.39, 0.29) is 0 Å². The molecule has 1 aromatic rings. The van der Waals surface area contributed by atoms with Gasteiger partial charge in [0.15, 0.2) is 0 Å². The van der Waals surface area contributed by atoms with Gasteiger partial charge in [0, 0.05) is 1.37 Å². The smallest absolute Gasteiger partial charge is 0.146 e. The van der Waals surface area contributed by atoms with Crippen LogP contribution in [0.2, 0.25) is 36.3 Å². The van der Waals surface area contributed by atoms with Gasteiger partial charge < -0.3 is 4.23 Å². The Morgan fingerprint density at radius 1 is 0.833 bits per heavy atom. The molecule has 1 nitrogen and oxygen atoms in total. The Kier molecular flexibility index (Phi) is 7.68. The Balaban J connectivity index is 3.46. The van der Waals surface area contributed by atoms with Gasteiger partial charge in [-0.25, -0.2) is 0 Å². The zero-order valence-corrected chi connectivity index (χ0v) is 18.7.